The van der Waals surface area contributed by atoms with Crippen LogP contribution in [0.2, 0.25) is 0 Å². The Morgan fingerprint density at radius 3 is 2.75 bits per heavy atom. The summed E-state index contributed by atoms with van der Waals surface area (Å²) in [6, 6.07) is 0. The Balaban J connectivity index is 2.60. The Morgan fingerprint density at radius 2 is 2.25 bits per heavy atom. The quantitative estimate of drug-likeness (QED) is 0.788. The highest BCUT2D eigenvalue weighted by Crippen LogP contribution is 2.31. The number of rotatable bonds is 6. The highest BCUT2D eigenvalue weighted by molar-refractivity contribution is 8.02. The van der Waals surface area contributed by atoms with Gasteiger partial charge in [-0.3, -0.25) is 4.79 Å². The fraction of sp³-hybridized carbons (Fsp3) is 0.667. The molecular formula is C9H15N3O2S2. The zero-order valence-electron chi connectivity index (χ0n) is 9.47. The van der Waals surface area contributed by atoms with Crippen molar-refractivity contribution in [1.29, 1.82) is 0 Å². The Morgan fingerprint density at radius 1 is 1.56 bits per heavy atom. The lowest BCUT2D eigenvalue weighted by Gasteiger charge is -2.06. The van der Waals surface area contributed by atoms with E-state index in [0.717, 1.165) is 0 Å². The second-order valence-corrected chi connectivity index (χ2v) is 5.81. The van der Waals surface area contributed by atoms with Gasteiger partial charge in [-0.05, 0) is 31.6 Å². The van der Waals surface area contributed by atoms with Gasteiger partial charge in [-0.25, -0.2) is 0 Å². The van der Waals surface area contributed by atoms with Gasteiger partial charge in [0.2, 0.25) is 5.91 Å². The molecule has 0 fully saturated rings. The van der Waals surface area contributed by atoms with Gasteiger partial charge < -0.3 is 10.5 Å². The summed E-state index contributed by atoms with van der Waals surface area (Å²) in [7, 11) is 0. The smallest absolute Gasteiger partial charge is 0.295 e. The van der Waals surface area contributed by atoms with E-state index in [-0.39, 0.29) is 17.3 Å². The van der Waals surface area contributed by atoms with E-state index in [1.807, 2.05) is 20.8 Å². The van der Waals surface area contributed by atoms with Crippen molar-refractivity contribution in [3.05, 3.63) is 0 Å². The van der Waals surface area contributed by atoms with Crippen LogP contribution in [0.3, 0.4) is 0 Å². The first-order chi connectivity index (χ1) is 7.52. The third-order valence-electron chi connectivity index (χ3n) is 1.66. The number of nitrogens with zero attached hydrogens (tertiary/aromatic N) is 2. The van der Waals surface area contributed by atoms with E-state index in [9.17, 15) is 4.79 Å². The van der Waals surface area contributed by atoms with Crippen LogP contribution in [0.25, 0.3) is 0 Å². The number of hydrogen-bond donors (Lipinski definition) is 1. The maximum absolute atomic E-state index is 11.0. The van der Waals surface area contributed by atoms with Crippen molar-refractivity contribution in [1.82, 2.24) is 10.2 Å². The Labute approximate surface area is 103 Å². The molecule has 0 aliphatic carbocycles. The molecule has 7 heteroatoms. The van der Waals surface area contributed by atoms with E-state index in [1.54, 1.807) is 0 Å². The summed E-state index contributed by atoms with van der Waals surface area (Å²) in [5.41, 5.74) is 5.25. The second kappa shape index (κ2) is 6.05. The van der Waals surface area contributed by atoms with Crippen LogP contribution in [0.1, 0.15) is 27.2 Å². The van der Waals surface area contributed by atoms with Crippen LogP contribution in [-0.4, -0.2) is 27.5 Å². The molecule has 1 aromatic heterocycles. The molecule has 2 N–H and O–H groups in total. The molecule has 0 aliphatic heterocycles. The largest absolute Gasteiger partial charge is 0.466 e. The average molecular weight is 261 g/mol. The van der Waals surface area contributed by atoms with Crippen molar-refractivity contribution < 1.29 is 9.53 Å². The van der Waals surface area contributed by atoms with Gasteiger partial charge in [-0.2, -0.15) is 0 Å². The normalized spacial score (nSPS) is 12.8. The monoisotopic (exact) mass is 261 g/mol. The molecule has 90 valence electrons. The summed E-state index contributed by atoms with van der Waals surface area (Å²) in [4.78, 5) is 11.0. The van der Waals surface area contributed by atoms with Crippen molar-refractivity contribution in [3.8, 4) is 5.19 Å². The number of carbonyl (C=O) groups is 1. The lowest BCUT2D eigenvalue weighted by atomic mass is 10.3. The molecule has 1 heterocycles. The molecule has 1 atom stereocenters. The van der Waals surface area contributed by atoms with Crippen LogP contribution in [0, 0.1) is 0 Å². The van der Waals surface area contributed by atoms with Gasteiger partial charge in [0.25, 0.3) is 5.19 Å². The maximum Gasteiger partial charge on any atom is 0.295 e. The number of carbonyl (C=O) groups excluding carboxylic acids is 1. The number of nitrogens with two attached hydrogens (primary N) is 1. The van der Waals surface area contributed by atoms with Gasteiger partial charge in [0.1, 0.15) is 0 Å². The summed E-state index contributed by atoms with van der Waals surface area (Å²) in [6.07, 6.45) is 0.754. The van der Waals surface area contributed by atoms with Crippen LogP contribution in [0.4, 0.5) is 0 Å². The average Bonchev–Trinajstić information content (AvgIpc) is 2.60. The predicted molar refractivity (Wildman–Crippen MR) is 64.8 cm³/mol. The van der Waals surface area contributed by atoms with Crippen molar-refractivity contribution in [2.24, 2.45) is 5.73 Å². The van der Waals surface area contributed by atoms with Gasteiger partial charge in [0.15, 0.2) is 4.34 Å². The minimum atomic E-state index is -0.325. The van der Waals surface area contributed by atoms with E-state index < -0.39 is 0 Å². The number of thioether (sulfide) groups is 1. The van der Waals surface area contributed by atoms with E-state index >= 15 is 0 Å². The first-order valence-corrected chi connectivity index (χ1v) is 6.68. The van der Waals surface area contributed by atoms with Crippen molar-refractivity contribution in [2.75, 3.05) is 0 Å². The topological polar surface area (TPSA) is 78.1 Å². The fourth-order valence-electron chi connectivity index (χ4n) is 0.958. The minimum absolute atomic E-state index is 0.0731. The molecule has 0 aromatic carbocycles. The van der Waals surface area contributed by atoms with Crippen LogP contribution in [0.15, 0.2) is 4.34 Å². The summed E-state index contributed by atoms with van der Waals surface area (Å²) in [5.74, 6) is -0.325. The highest BCUT2D eigenvalue weighted by atomic mass is 32.2. The van der Waals surface area contributed by atoms with Crippen molar-refractivity contribution in [2.45, 2.75) is 42.9 Å². The van der Waals surface area contributed by atoms with E-state index in [1.165, 1.54) is 23.1 Å². The third kappa shape index (κ3) is 3.97. The molecule has 0 radical (unpaired) electrons. The zero-order chi connectivity index (χ0) is 12.1. The Kier molecular flexibility index (Phi) is 5.01. The molecule has 16 heavy (non-hydrogen) atoms. The Bertz CT molecular complexity index is 354. The molecule has 1 aromatic rings. The number of amides is 1. The molecule has 0 spiro atoms. The van der Waals surface area contributed by atoms with Crippen LogP contribution < -0.4 is 10.5 Å². The van der Waals surface area contributed by atoms with Gasteiger partial charge in [0, 0.05) is 0 Å². The van der Waals surface area contributed by atoms with Gasteiger partial charge in [-0.1, -0.05) is 23.8 Å². The third-order valence-corrected chi connectivity index (χ3v) is 3.94. The van der Waals surface area contributed by atoms with Crippen molar-refractivity contribution in [3.63, 3.8) is 0 Å². The number of hydrogen-bond acceptors (Lipinski definition) is 6. The second-order valence-electron chi connectivity index (χ2n) is 3.42. The fourth-order valence-corrected chi connectivity index (χ4v) is 2.88. The highest BCUT2D eigenvalue weighted by Gasteiger charge is 2.17. The number of aromatic nitrogens is 2. The lowest BCUT2D eigenvalue weighted by Crippen LogP contribution is -2.24. The van der Waals surface area contributed by atoms with Gasteiger partial charge in [-0.15, -0.1) is 5.10 Å². The van der Waals surface area contributed by atoms with Crippen LogP contribution >= 0.6 is 23.1 Å². The Hall–Kier alpha value is -0.820. The first kappa shape index (κ1) is 13.2. The van der Waals surface area contributed by atoms with Gasteiger partial charge >= 0.3 is 0 Å². The summed E-state index contributed by atoms with van der Waals surface area (Å²) in [5, 5.41) is 8.09. The summed E-state index contributed by atoms with van der Waals surface area (Å²) in [6.45, 7) is 5.76. The van der Waals surface area contributed by atoms with Gasteiger partial charge in [0.05, 0.1) is 11.4 Å². The SMILES string of the molecule is CC[C@H](Sc1nnc(OC(C)C)s1)C(N)=O. The number of primary amides is 1. The molecule has 0 saturated carbocycles. The molecule has 0 saturated heterocycles. The molecule has 1 amide bonds. The molecular weight excluding hydrogens is 246 g/mol. The number of ether oxygens (including phenoxy) is 1. The van der Waals surface area contributed by atoms with Crippen LogP contribution in [-0.2, 0) is 4.79 Å². The standard InChI is InChI=1S/C9H15N3O2S2/c1-4-6(7(10)13)15-9-12-11-8(16-9)14-5(2)3/h5-6H,4H2,1-3H3,(H2,10,13)/t6-/m0/s1. The molecule has 0 bridgehead atoms. The molecule has 0 aliphatic rings. The van der Waals surface area contributed by atoms with E-state index in [2.05, 4.69) is 10.2 Å². The van der Waals surface area contributed by atoms with Crippen LogP contribution in [0.5, 0.6) is 5.19 Å². The first-order valence-electron chi connectivity index (χ1n) is 4.99. The predicted octanol–water partition coefficient (Wildman–Crippen LogP) is 1.68. The van der Waals surface area contributed by atoms with E-state index in [4.69, 9.17) is 10.5 Å². The molecule has 1 rings (SSSR count). The van der Waals surface area contributed by atoms with Crippen molar-refractivity contribution >= 4 is 29.0 Å². The minimum Gasteiger partial charge on any atom is -0.466 e. The summed E-state index contributed by atoms with van der Waals surface area (Å²) >= 11 is 2.67. The lowest BCUT2D eigenvalue weighted by molar-refractivity contribution is -0.117. The van der Waals surface area contributed by atoms with E-state index in [0.29, 0.717) is 16.0 Å². The summed E-state index contributed by atoms with van der Waals surface area (Å²) < 4.78 is 6.10. The maximum atomic E-state index is 11.0. The molecule has 0 unspecified atom stereocenters. The zero-order valence-corrected chi connectivity index (χ0v) is 11.1. The molecule has 5 nitrogen and oxygen atoms in total.